The first kappa shape index (κ1) is 31.1. The van der Waals surface area contributed by atoms with Crippen molar-refractivity contribution in [1.29, 1.82) is 0 Å². The smallest absolute Gasteiger partial charge is 0.265 e. The number of rotatable bonds is 8. The van der Waals surface area contributed by atoms with Gasteiger partial charge in [0.15, 0.2) is 0 Å². The Bertz CT molecular complexity index is 1640. The average molecular weight is 621 g/mol. The van der Waals surface area contributed by atoms with Gasteiger partial charge in [-0.15, -0.1) is 0 Å². The van der Waals surface area contributed by atoms with E-state index < -0.39 is 12.8 Å². The minimum absolute atomic E-state index is 0. The van der Waals surface area contributed by atoms with E-state index in [0.29, 0.717) is 11.7 Å². The maximum atomic E-state index is 13.7. The van der Waals surface area contributed by atoms with E-state index in [0.717, 1.165) is 16.8 Å². The number of carbonyl (C=O) groups excluding carboxylic acids is 1. The van der Waals surface area contributed by atoms with Crippen LogP contribution in [0.15, 0.2) is 140 Å². The summed E-state index contributed by atoms with van der Waals surface area (Å²) in [5, 5.41) is 16.5. The monoisotopic (exact) mass is 620 g/mol. The molecule has 0 aromatic heterocycles. The van der Waals surface area contributed by atoms with Gasteiger partial charge >= 0.3 is 0 Å². The summed E-state index contributed by atoms with van der Waals surface area (Å²) in [7, 11) is -2.27. The Balaban J connectivity index is 0.00000384. The fourth-order valence-corrected chi connectivity index (χ4v) is 10.7. The summed E-state index contributed by atoms with van der Waals surface area (Å²) in [4.78, 5) is 27.9. The van der Waals surface area contributed by atoms with Crippen LogP contribution in [0.5, 0.6) is 0 Å². The van der Waals surface area contributed by atoms with Crippen LogP contribution < -0.4 is 33.2 Å². The highest BCUT2D eigenvalue weighted by Gasteiger charge is 2.52. The molecular formula is C37H34ClN2O3P. The molecule has 0 N–H and O–H groups in total. The molecule has 1 amide bonds. The molecule has 5 aromatic carbocycles. The second kappa shape index (κ2) is 13.1. The normalized spacial score (nSPS) is 16.7. The molecular weight excluding hydrogens is 587 g/mol. The molecule has 1 atom stereocenters. The third-order valence-electron chi connectivity index (χ3n) is 8.66. The third-order valence-corrected chi connectivity index (χ3v) is 13.0. The number of benzene rings is 5. The number of halogens is 1. The fourth-order valence-electron chi connectivity index (χ4n) is 6.46. The number of nitrogens with zero attached hydrogens (tertiary/aromatic N) is 2. The summed E-state index contributed by atoms with van der Waals surface area (Å²) < 4.78 is 0. The van der Waals surface area contributed by atoms with Crippen molar-refractivity contribution < 1.29 is 22.1 Å². The number of piperidine rings is 1. The lowest BCUT2D eigenvalue weighted by atomic mass is 9.82. The molecule has 7 heteroatoms. The van der Waals surface area contributed by atoms with Crippen molar-refractivity contribution in [2.75, 3.05) is 11.4 Å². The highest BCUT2D eigenvalue weighted by Crippen LogP contribution is 2.59. The molecule has 5 aromatic rings. The van der Waals surface area contributed by atoms with Gasteiger partial charge in [-0.2, -0.15) is 0 Å². The van der Waals surface area contributed by atoms with Crippen molar-refractivity contribution in [1.82, 2.24) is 0 Å². The molecule has 0 aliphatic carbocycles. The summed E-state index contributed by atoms with van der Waals surface area (Å²) >= 11 is 0. The lowest BCUT2D eigenvalue weighted by Crippen LogP contribution is -3.00. The Labute approximate surface area is 265 Å². The van der Waals surface area contributed by atoms with Gasteiger partial charge in [-0.05, 0) is 49.4 Å². The van der Waals surface area contributed by atoms with Gasteiger partial charge in [-0.1, -0.05) is 103 Å². The van der Waals surface area contributed by atoms with Gasteiger partial charge in [0.05, 0.1) is 5.69 Å². The summed E-state index contributed by atoms with van der Waals surface area (Å²) in [6, 6.07) is 47.2. The van der Waals surface area contributed by atoms with Crippen LogP contribution in [-0.2, 0) is 16.5 Å². The maximum Gasteiger partial charge on any atom is 0.265 e. The molecule has 1 saturated heterocycles. The number of carbonyl (C=O) groups is 1. The molecule has 222 valence electrons. The van der Waals surface area contributed by atoms with E-state index in [4.69, 9.17) is 0 Å². The molecule has 0 spiro atoms. The Morgan fingerprint density at radius 1 is 0.750 bits per heavy atom. The molecule has 5 nitrogen and oxygen atoms in total. The zero-order chi connectivity index (χ0) is 29.9. The van der Waals surface area contributed by atoms with Crippen LogP contribution in [-0.4, -0.2) is 17.4 Å². The number of nitro groups is 1. The van der Waals surface area contributed by atoms with E-state index >= 15 is 0 Å². The van der Waals surface area contributed by atoms with Crippen LogP contribution in [0.4, 0.5) is 5.69 Å². The maximum absolute atomic E-state index is 13.7. The van der Waals surface area contributed by atoms with E-state index in [9.17, 15) is 14.9 Å². The van der Waals surface area contributed by atoms with Crippen LogP contribution in [0.25, 0.3) is 0 Å². The van der Waals surface area contributed by atoms with Crippen LogP contribution >= 0.6 is 7.26 Å². The fraction of sp³-hybridized carbons (Fsp3) is 0.162. The topological polar surface area (TPSA) is 63.4 Å². The first-order chi connectivity index (χ1) is 20.9. The highest BCUT2D eigenvalue weighted by molar-refractivity contribution is 7.95. The Kier molecular flexibility index (Phi) is 9.29. The molecule has 1 aliphatic heterocycles. The van der Waals surface area contributed by atoms with Crippen molar-refractivity contribution in [3.05, 3.63) is 166 Å². The quantitative estimate of drug-likeness (QED) is 0.151. The first-order valence-corrected chi connectivity index (χ1v) is 16.6. The average Bonchev–Trinajstić information content (AvgIpc) is 3.06. The molecule has 44 heavy (non-hydrogen) atoms. The zero-order valence-electron chi connectivity index (χ0n) is 24.6. The van der Waals surface area contributed by atoms with E-state index in [-0.39, 0.29) is 42.6 Å². The number of aryl methyl sites for hydroxylation is 1. The van der Waals surface area contributed by atoms with Crippen LogP contribution in [0.2, 0.25) is 0 Å². The minimum Gasteiger partial charge on any atom is -1.00 e. The van der Waals surface area contributed by atoms with Crippen molar-refractivity contribution >= 4 is 34.8 Å². The van der Waals surface area contributed by atoms with E-state index in [1.54, 1.807) is 4.90 Å². The Morgan fingerprint density at radius 2 is 1.23 bits per heavy atom. The van der Waals surface area contributed by atoms with Crippen molar-refractivity contribution in [3.63, 3.8) is 0 Å². The van der Waals surface area contributed by atoms with Crippen molar-refractivity contribution in [2.45, 2.75) is 31.5 Å². The molecule has 1 aliphatic rings. The molecule has 6 rings (SSSR count). The predicted octanol–water partition coefficient (Wildman–Crippen LogP) is 3.79. The Morgan fingerprint density at radius 3 is 1.70 bits per heavy atom. The van der Waals surface area contributed by atoms with Gasteiger partial charge in [-0.3, -0.25) is 14.9 Å². The van der Waals surface area contributed by atoms with Gasteiger partial charge < -0.3 is 17.3 Å². The van der Waals surface area contributed by atoms with E-state index in [2.05, 4.69) is 85.8 Å². The van der Waals surface area contributed by atoms with Crippen LogP contribution in [0.1, 0.15) is 29.5 Å². The summed E-state index contributed by atoms with van der Waals surface area (Å²) in [5.41, 5.74) is 2.11. The number of hydrogen-bond donors (Lipinski definition) is 0. The third kappa shape index (κ3) is 5.66. The molecule has 0 radical (unpaired) electrons. The molecule has 1 fully saturated rings. The standard InChI is InChI=1S/C37H34N2O3P.ClH/c1-29-22-23-35(38-28-37(39(41)42,25-24-36(38)40)31-14-6-2-7-15-31)30(26-29)27-43(32-16-8-3-9-17-32,33-18-10-4-11-19-33)34-20-12-5-13-21-34;/h2-23,26H,24-25,27-28H2,1H3;1H/q+1;/p-1. The van der Waals surface area contributed by atoms with Gasteiger partial charge in [0.1, 0.15) is 35.9 Å². The number of anilines is 1. The highest BCUT2D eigenvalue weighted by atomic mass is 35.5. The SMILES string of the molecule is Cc1ccc(N2CC(c3ccccc3)([N+](=O)[O-])CCC2=O)c(C[P+](c2ccccc2)(c2ccccc2)c2ccccc2)c1.[Cl-]. The lowest BCUT2D eigenvalue weighted by molar-refractivity contribution is -0.578. The minimum atomic E-state index is -2.27. The largest absolute Gasteiger partial charge is 1.00 e. The van der Waals surface area contributed by atoms with Gasteiger partial charge in [-0.25, -0.2) is 0 Å². The number of hydrogen-bond acceptors (Lipinski definition) is 3. The zero-order valence-corrected chi connectivity index (χ0v) is 26.2. The van der Waals surface area contributed by atoms with Gasteiger partial charge in [0.25, 0.3) is 5.54 Å². The van der Waals surface area contributed by atoms with Crippen molar-refractivity contribution in [3.8, 4) is 0 Å². The van der Waals surface area contributed by atoms with E-state index in [1.165, 1.54) is 15.9 Å². The molecule has 0 bridgehead atoms. The van der Waals surface area contributed by atoms with Crippen LogP contribution in [0, 0.1) is 17.0 Å². The lowest BCUT2D eigenvalue weighted by Gasteiger charge is -2.38. The summed E-state index contributed by atoms with van der Waals surface area (Å²) in [5.74, 6) is -0.0819. The summed E-state index contributed by atoms with van der Waals surface area (Å²) in [6.07, 6.45) is 0.956. The summed E-state index contributed by atoms with van der Waals surface area (Å²) in [6.45, 7) is 2.05. The molecule has 0 saturated carbocycles. The second-order valence-corrected chi connectivity index (χ2v) is 14.7. The van der Waals surface area contributed by atoms with Crippen molar-refractivity contribution in [2.24, 2.45) is 0 Å². The van der Waals surface area contributed by atoms with Crippen LogP contribution in [0.3, 0.4) is 0 Å². The number of amides is 1. The molecule has 1 unspecified atom stereocenters. The van der Waals surface area contributed by atoms with Gasteiger partial charge in [0, 0.05) is 28.9 Å². The Hall–Kier alpha value is -4.31. The van der Waals surface area contributed by atoms with E-state index in [1.807, 2.05) is 60.7 Å². The molecule has 1 heterocycles. The second-order valence-electron chi connectivity index (χ2n) is 11.2. The first-order valence-electron chi connectivity index (χ1n) is 14.6. The van der Waals surface area contributed by atoms with Gasteiger partial charge in [0.2, 0.25) is 5.91 Å². The predicted molar refractivity (Wildman–Crippen MR) is 177 cm³/mol.